The van der Waals surface area contributed by atoms with Gasteiger partial charge < -0.3 is 9.57 Å². The lowest BCUT2D eigenvalue weighted by atomic mass is 10.2. The Kier molecular flexibility index (Phi) is 7.48. The summed E-state index contributed by atoms with van der Waals surface area (Å²) in [5, 5.41) is 3.81. The maximum atomic E-state index is 11.6. The van der Waals surface area contributed by atoms with Gasteiger partial charge in [0.15, 0.2) is 0 Å². The second-order valence-electron chi connectivity index (χ2n) is 5.43. The number of ether oxygens (including phenoxy) is 1. The van der Waals surface area contributed by atoms with Crippen molar-refractivity contribution in [2.45, 2.75) is 26.2 Å². The van der Waals surface area contributed by atoms with Crippen molar-refractivity contribution < 1.29 is 18.0 Å². The van der Waals surface area contributed by atoms with Gasteiger partial charge in [-0.3, -0.25) is 0 Å². The molecule has 0 saturated carbocycles. The summed E-state index contributed by atoms with van der Waals surface area (Å²) in [5.74, 6) is 0.815. The second-order valence-corrected chi connectivity index (χ2v) is 7.18. The van der Waals surface area contributed by atoms with Crippen LogP contribution < -0.4 is 9.46 Å². The molecular weight excluding hydrogens is 330 g/mol. The lowest BCUT2D eigenvalue weighted by Crippen LogP contribution is -2.30. The number of hydrogen-bond acceptors (Lipinski definition) is 5. The van der Waals surface area contributed by atoms with Crippen molar-refractivity contribution in [3.05, 3.63) is 29.8 Å². The summed E-state index contributed by atoms with van der Waals surface area (Å²) in [6.45, 7) is 4.71. The third kappa shape index (κ3) is 6.10. The van der Waals surface area contributed by atoms with E-state index in [0.29, 0.717) is 32.8 Å². The third-order valence-electron chi connectivity index (χ3n) is 3.59. The van der Waals surface area contributed by atoms with Crippen LogP contribution in [-0.4, -0.2) is 51.8 Å². The van der Waals surface area contributed by atoms with Crippen molar-refractivity contribution in [2.24, 2.45) is 5.16 Å². The SMILES string of the molecule is CCO/N=C/c1ccc(OCCCCCN2CCNS2(=O)=O)cc1. The van der Waals surface area contributed by atoms with Gasteiger partial charge in [-0.25, -0.2) is 4.72 Å². The first-order valence-electron chi connectivity index (χ1n) is 8.25. The van der Waals surface area contributed by atoms with Crippen molar-refractivity contribution in [3.63, 3.8) is 0 Å². The van der Waals surface area contributed by atoms with Gasteiger partial charge >= 0.3 is 0 Å². The molecule has 0 radical (unpaired) electrons. The van der Waals surface area contributed by atoms with Crippen molar-refractivity contribution in [2.75, 3.05) is 32.8 Å². The topological polar surface area (TPSA) is 80.2 Å². The molecule has 1 aliphatic rings. The predicted octanol–water partition coefficient (Wildman–Crippen LogP) is 1.76. The first-order chi connectivity index (χ1) is 11.6. The number of nitrogens with one attached hydrogen (secondary N) is 1. The van der Waals surface area contributed by atoms with Crippen LogP contribution in [0.25, 0.3) is 0 Å². The Balaban J connectivity index is 1.59. The highest BCUT2D eigenvalue weighted by atomic mass is 32.2. The van der Waals surface area contributed by atoms with Crippen LogP contribution in [-0.2, 0) is 15.0 Å². The van der Waals surface area contributed by atoms with E-state index in [4.69, 9.17) is 9.57 Å². The molecule has 2 rings (SSSR count). The van der Waals surface area contributed by atoms with E-state index in [-0.39, 0.29) is 0 Å². The number of rotatable bonds is 10. The standard InChI is InChI=1S/C16H25N3O4S/c1-2-23-17-14-15-6-8-16(9-7-15)22-13-5-3-4-11-19-12-10-18-24(19,20)21/h6-9,14,18H,2-5,10-13H2,1H3/b17-14+. The third-order valence-corrected chi connectivity index (χ3v) is 5.21. The van der Waals surface area contributed by atoms with Crippen LogP contribution in [0.2, 0.25) is 0 Å². The van der Waals surface area contributed by atoms with E-state index >= 15 is 0 Å². The van der Waals surface area contributed by atoms with E-state index in [0.717, 1.165) is 30.6 Å². The molecule has 0 atom stereocenters. The Morgan fingerprint density at radius 2 is 2.04 bits per heavy atom. The van der Waals surface area contributed by atoms with E-state index in [1.165, 1.54) is 4.31 Å². The van der Waals surface area contributed by atoms with Gasteiger partial charge in [-0.2, -0.15) is 12.7 Å². The Morgan fingerprint density at radius 3 is 2.71 bits per heavy atom. The summed E-state index contributed by atoms with van der Waals surface area (Å²) in [4.78, 5) is 4.91. The van der Waals surface area contributed by atoms with Crippen LogP contribution in [0, 0.1) is 0 Å². The van der Waals surface area contributed by atoms with E-state index in [1.54, 1.807) is 6.21 Å². The van der Waals surface area contributed by atoms with E-state index in [9.17, 15) is 8.42 Å². The molecule has 1 heterocycles. The minimum atomic E-state index is -3.20. The van der Waals surface area contributed by atoms with Gasteiger partial charge in [-0.15, -0.1) is 0 Å². The molecule has 1 aliphatic heterocycles. The molecule has 8 heteroatoms. The Morgan fingerprint density at radius 1 is 1.25 bits per heavy atom. The van der Waals surface area contributed by atoms with E-state index in [2.05, 4.69) is 9.88 Å². The predicted molar refractivity (Wildman–Crippen MR) is 93.5 cm³/mol. The molecule has 0 unspecified atom stereocenters. The average molecular weight is 355 g/mol. The van der Waals surface area contributed by atoms with Gasteiger partial charge in [0.05, 0.1) is 12.8 Å². The minimum Gasteiger partial charge on any atom is -0.494 e. The monoisotopic (exact) mass is 355 g/mol. The summed E-state index contributed by atoms with van der Waals surface area (Å²) in [7, 11) is -3.20. The molecule has 0 aliphatic carbocycles. The first kappa shape index (κ1) is 18.7. The molecule has 134 valence electrons. The zero-order chi connectivity index (χ0) is 17.3. The Labute approximate surface area is 143 Å². The van der Waals surface area contributed by atoms with Crippen molar-refractivity contribution in [1.29, 1.82) is 0 Å². The molecule has 0 bridgehead atoms. The normalized spacial score (nSPS) is 17.4. The minimum absolute atomic E-state index is 0.511. The lowest BCUT2D eigenvalue weighted by molar-refractivity contribution is 0.160. The lowest BCUT2D eigenvalue weighted by Gasteiger charge is -2.12. The molecule has 0 aromatic heterocycles. The molecule has 0 amide bonds. The van der Waals surface area contributed by atoms with Gasteiger partial charge in [0.2, 0.25) is 0 Å². The van der Waals surface area contributed by atoms with Crippen molar-refractivity contribution in [1.82, 2.24) is 9.03 Å². The number of nitrogens with zero attached hydrogens (tertiary/aromatic N) is 2. The fraction of sp³-hybridized carbons (Fsp3) is 0.562. The molecule has 1 aromatic rings. The van der Waals surface area contributed by atoms with Gasteiger partial charge in [-0.1, -0.05) is 5.16 Å². The fourth-order valence-corrected chi connectivity index (χ4v) is 3.56. The highest BCUT2D eigenvalue weighted by Gasteiger charge is 2.26. The van der Waals surface area contributed by atoms with Crippen LogP contribution in [0.3, 0.4) is 0 Å². The molecule has 1 fully saturated rings. The summed E-state index contributed by atoms with van der Waals surface area (Å²) in [5.41, 5.74) is 0.955. The van der Waals surface area contributed by atoms with Crippen LogP contribution >= 0.6 is 0 Å². The van der Waals surface area contributed by atoms with Crippen molar-refractivity contribution in [3.8, 4) is 5.75 Å². The summed E-state index contributed by atoms with van der Waals surface area (Å²) >= 11 is 0. The van der Waals surface area contributed by atoms with Gasteiger partial charge in [0, 0.05) is 19.6 Å². The smallest absolute Gasteiger partial charge is 0.279 e. The van der Waals surface area contributed by atoms with Gasteiger partial charge in [0.1, 0.15) is 12.4 Å². The van der Waals surface area contributed by atoms with Crippen LogP contribution in [0.5, 0.6) is 5.75 Å². The summed E-state index contributed by atoms with van der Waals surface area (Å²) in [6.07, 6.45) is 4.34. The highest BCUT2D eigenvalue weighted by molar-refractivity contribution is 7.87. The maximum absolute atomic E-state index is 11.6. The summed E-state index contributed by atoms with van der Waals surface area (Å²) < 4.78 is 32.8. The first-order valence-corrected chi connectivity index (χ1v) is 9.69. The van der Waals surface area contributed by atoms with Crippen LogP contribution in [0.15, 0.2) is 29.4 Å². The molecule has 1 N–H and O–H groups in total. The maximum Gasteiger partial charge on any atom is 0.279 e. The van der Waals surface area contributed by atoms with E-state index in [1.807, 2.05) is 31.2 Å². The van der Waals surface area contributed by atoms with E-state index < -0.39 is 10.2 Å². The Hall–Kier alpha value is -1.64. The molecular formula is C16H25N3O4S. The average Bonchev–Trinajstić information content (AvgIpc) is 2.91. The second kappa shape index (κ2) is 9.61. The van der Waals surface area contributed by atoms with Crippen LogP contribution in [0.4, 0.5) is 0 Å². The van der Waals surface area contributed by atoms with Crippen molar-refractivity contribution >= 4 is 16.4 Å². The van der Waals surface area contributed by atoms with Gasteiger partial charge in [0.25, 0.3) is 10.2 Å². The summed E-state index contributed by atoms with van der Waals surface area (Å²) in [6, 6.07) is 7.64. The number of unbranched alkanes of at least 4 members (excludes halogenated alkanes) is 2. The molecule has 0 spiro atoms. The molecule has 7 nitrogen and oxygen atoms in total. The zero-order valence-electron chi connectivity index (χ0n) is 14.0. The zero-order valence-corrected chi connectivity index (χ0v) is 14.8. The number of benzene rings is 1. The largest absolute Gasteiger partial charge is 0.494 e. The quantitative estimate of drug-likeness (QED) is 0.394. The van der Waals surface area contributed by atoms with Crippen LogP contribution in [0.1, 0.15) is 31.7 Å². The van der Waals surface area contributed by atoms with Gasteiger partial charge in [-0.05, 0) is 56.0 Å². The molecule has 1 saturated heterocycles. The fourth-order valence-electron chi connectivity index (χ4n) is 2.32. The number of oxime groups is 1. The highest BCUT2D eigenvalue weighted by Crippen LogP contribution is 2.12. The number of hydrogen-bond donors (Lipinski definition) is 1. The Bertz CT molecular complexity index is 617. The molecule has 1 aromatic carbocycles. The molecule has 24 heavy (non-hydrogen) atoms.